The van der Waals surface area contributed by atoms with Crippen molar-refractivity contribution in [1.29, 1.82) is 0 Å². The summed E-state index contributed by atoms with van der Waals surface area (Å²) in [4.78, 5) is 2.34. The van der Waals surface area contributed by atoms with E-state index in [0.717, 1.165) is 0 Å². The minimum absolute atomic E-state index is 0.0290. The molecule has 5 rings (SSSR count). The molecular weight excluding hydrogens is 361 g/mol. The third-order valence-electron chi connectivity index (χ3n) is 6.30. The number of hydrogen-bond acceptors (Lipinski definition) is 1. The maximum absolute atomic E-state index is 2.38. The third-order valence-corrected chi connectivity index (χ3v) is 6.30. The second-order valence-electron chi connectivity index (χ2n) is 8.46. The average Bonchev–Trinajstić information content (AvgIpc) is 3.02. The lowest BCUT2D eigenvalue weighted by atomic mass is 9.71. The fourth-order valence-corrected chi connectivity index (χ4v) is 4.66. The Bertz CT molecular complexity index is 1160. The molecule has 1 nitrogen and oxygen atoms in total. The fourth-order valence-electron chi connectivity index (χ4n) is 4.66. The van der Waals surface area contributed by atoms with Crippen molar-refractivity contribution >= 4 is 29.8 Å². The smallest absolute Gasteiger partial charge is 0.148 e. The Morgan fingerprint density at radius 3 is 1.70 bits per heavy atom. The van der Waals surface area contributed by atoms with E-state index < -0.39 is 0 Å². The predicted octanol–water partition coefficient (Wildman–Crippen LogP) is 6.84. The summed E-state index contributed by atoms with van der Waals surface area (Å²) in [7, 11) is 2.18. The minimum atomic E-state index is -0.0290. The van der Waals surface area contributed by atoms with Gasteiger partial charge in [-0.2, -0.15) is 0 Å². The Labute approximate surface area is 180 Å². The Kier molecular flexibility index (Phi) is 4.51. The van der Waals surface area contributed by atoms with Crippen LogP contribution in [0.5, 0.6) is 0 Å². The SMILES string of the molecule is C[B]c1ccc2c(c1)C(C)(C)c1cc(N(c3ccccc3)c3ccccc3)ccc1-2. The molecule has 30 heavy (non-hydrogen) atoms. The largest absolute Gasteiger partial charge is 0.310 e. The summed E-state index contributed by atoms with van der Waals surface area (Å²) in [6.07, 6.45) is 0. The van der Waals surface area contributed by atoms with E-state index in [9.17, 15) is 0 Å². The van der Waals surface area contributed by atoms with Gasteiger partial charge in [0.25, 0.3) is 0 Å². The van der Waals surface area contributed by atoms with Crippen LogP contribution >= 0.6 is 0 Å². The summed E-state index contributed by atoms with van der Waals surface area (Å²) in [6, 6.07) is 35.0. The highest BCUT2D eigenvalue weighted by molar-refractivity contribution is 6.52. The van der Waals surface area contributed by atoms with Crippen LogP contribution in [0.2, 0.25) is 6.82 Å². The lowest BCUT2D eigenvalue weighted by molar-refractivity contribution is 0.661. The molecule has 145 valence electrons. The van der Waals surface area contributed by atoms with Gasteiger partial charge in [0.2, 0.25) is 0 Å². The molecule has 0 saturated carbocycles. The van der Waals surface area contributed by atoms with E-state index in [-0.39, 0.29) is 5.41 Å². The number of rotatable bonds is 4. The van der Waals surface area contributed by atoms with E-state index >= 15 is 0 Å². The summed E-state index contributed by atoms with van der Waals surface area (Å²) in [5.41, 5.74) is 10.3. The van der Waals surface area contributed by atoms with Gasteiger partial charge in [-0.15, -0.1) is 0 Å². The fraction of sp³-hybridized carbons (Fsp3) is 0.143. The van der Waals surface area contributed by atoms with Crippen LogP contribution in [0.1, 0.15) is 25.0 Å². The topological polar surface area (TPSA) is 3.24 Å². The predicted molar refractivity (Wildman–Crippen MR) is 130 cm³/mol. The van der Waals surface area contributed by atoms with Gasteiger partial charge in [-0.05, 0) is 58.7 Å². The molecule has 1 aliphatic rings. The van der Waals surface area contributed by atoms with Crippen molar-refractivity contribution in [1.82, 2.24) is 0 Å². The molecular formula is C28H25BN. The molecule has 0 spiro atoms. The number of benzene rings is 4. The quantitative estimate of drug-likeness (QED) is 0.347. The van der Waals surface area contributed by atoms with Gasteiger partial charge < -0.3 is 4.90 Å². The molecule has 4 aromatic rings. The van der Waals surface area contributed by atoms with Gasteiger partial charge in [0.1, 0.15) is 7.28 Å². The molecule has 0 N–H and O–H groups in total. The maximum Gasteiger partial charge on any atom is 0.148 e. The van der Waals surface area contributed by atoms with Crippen LogP contribution in [-0.2, 0) is 5.41 Å². The van der Waals surface area contributed by atoms with Crippen LogP contribution in [0.15, 0.2) is 97.1 Å². The first-order valence-corrected chi connectivity index (χ1v) is 10.6. The second-order valence-corrected chi connectivity index (χ2v) is 8.46. The molecule has 0 aliphatic heterocycles. The van der Waals surface area contributed by atoms with Crippen LogP contribution in [0, 0.1) is 0 Å². The maximum atomic E-state index is 2.38. The Balaban J connectivity index is 1.68. The van der Waals surface area contributed by atoms with Gasteiger partial charge in [-0.1, -0.05) is 86.8 Å². The van der Waals surface area contributed by atoms with E-state index in [1.54, 1.807) is 0 Å². The summed E-state index contributed by atoms with van der Waals surface area (Å²) >= 11 is 0. The molecule has 0 heterocycles. The van der Waals surface area contributed by atoms with E-state index in [4.69, 9.17) is 0 Å². The molecule has 1 radical (unpaired) electrons. The van der Waals surface area contributed by atoms with Crippen molar-refractivity contribution in [3.8, 4) is 11.1 Å². The van der Waals surface area contributed by atoms with Gasteiger partial charge in [0, 0.05) is 22.5 Å². The minimum Gasteiger partial charge on any atom is -0.310 e. The van der Waals surface area contributed by atoms with Crippen molar-refractivity contribution in [3.05, 3.63) is 108 Å². The van der Waals surface area contributed by atoms with Gasteiger partial charge in [0.05, 0.1) is 0 Å². The van der Waals surface area contributed by atoms with E-state index in [1.165, 1.54) is 44.8 Å². The molecule has 0 unspecified atom stereocenters. The van der Waals surface area contributed by atoms with Crippen molar-refractivity contribution in [2.75, 3.05) is 4.90 Å². The van der Waals surface area contributed by atoms with E-state index in [0.29, 0.717) is 0 Å². The van der Waals surface area contributed by atoms with Crippen LogP contribution < -0.4 is 10.4 Å². The Morgan fingerprint density at radius 1 is 0.600 bits per heavy atom. The molecule has 0 amide bonds. The van der Waals surface area contributed by atoms with Crippen molar-refractivity contribution in [3.63, 3.8) is 0 Å². The van der Waals surface area contributed by atoms with E-state index in [2.05, 4.69) is 130 Å². The highest BCUT2D eigenvalue weighted by Crippen LogP contribution is 2.50. The lowest BCUT2D eigenvalue weighted by Crippen LogP contribution is -2.19. The van der Waals surface area contributed by atoms with Crippen LogP contribution in [0.25, 0.3) is 11.1 Å². The van der Waals surface area contributed by atoms with Gasteiger partial charge in [-0.25, -0.2) is 0 Å². The molecule has 0 fully saturated rings. The molecule has 0 saturated heterocycles. The first-order valence-electron chi connectivity index (χ1n) is 10.6. The number of hydrogen-bond donors (Lipinski definition) is 0. The molecule has 1 aliphatic carbocycles. The zero-order chi connectivity index (χ0) is 20.7. The standard InChI is InChI=1S/C28H25BN/c1-28(2)26-18-20(29-3)14-16-24(26)25-17-15-23(19-27(25)28)30(21-10-6-4-7-11-21)22-12-8-5-9-13-22/h4-19H,1-3H3. The lowest BCUT2D eigenvalue weighted by Gasteiger charge is -2.28. The molecule has 2 heteroatoms. The van der Waals surface area contributed by atoms with Gasteiger partial charge in [-0.3, -0.25) is 0 Å². The highest BCUT2D eigenvalue weighted by atomic mass is 15.1. The number of fused-ring (bicyclic) bond motifs is 3. The average molecular weight is 386 g/mol. The van der Waals surface area contributed by atoms with Gasteiger partial charge in [0.15, 0.2) is 0 Å². The molecule has 0 aromatic heterocycles. The normalized spacial score (nSPS) is 13.4. The van der Waals surface area contributed by atoms with Gasteiger partial charge >= 0.3 is 0 Å². The summed E-state index contributed by atoms with van der Waals surface area (Å²) < 4.78 is 0. The second kappa shape index (κ2) is 7.21. The molecule has 0 atom stereocenters. The number of para-hydroxylation sites is 2. The third kappa shape index (κ3) is 2.95. The van der Waals surface area contributed by atoms with Crippen LogP contribution in [0.4, 0.5) is 17.1 Å². The van der Waals surface area contributed by atoms with E-state index in [1.807, 2.05) is 0 Å². The zero-order valence-electron chi connectivity index (χ0n) is 17.8. The summed E-state index contributed by atoms with van der Waals surface area (Å²) in [6.45, 7) is 6.79. The monoisotopic (exact) mass is 386 g/mol. The first kappa shape index (κ1) is 18.8. The van der Waals surface area contributed by atoms with Crippen molar-refractivity contribution in [2.24, 2.45) is 0 Å². The Morgan fingerprint density at radius 2 is 1.13 bits per heavy atom. The van der Waals surface area contributed by atoms with Crippen molar-refractivity contribution < 1.29 is 0 Å². The Hall–Kier alpha value is -3.26. The molecule has 4 aromatic carbocycles. The summed E-state index contributed by atoms with van der Waals surface area (Å²) in [5, 5.41) is 0. The van der Waals surface area contributed by atoms with Crippen LogP contribution in [-0.4, -0.2) is 7.28 Å². The molecule has 0 bridgehead atoms. The number of anilines is 3. The highest BCUT2D eigenvalue weighted by Gasteiger charge is 2.36. The van der Waals surface area contributed by atoms with Crippen LogP contribution in [0.3, 0.4) is 0 Å². The first-order chi connectivity index (χ1) is 14.6. The van der Waals surface area contributed by atoms with Crippen molar-refractivity contribution in [2.45, 2.75) is 26.1 Å². The number of nitrogens with zero attached hydrogens (tertiary/aromatic N) is 1. The summed E-state index contributed by atoms with van der Waals surface area (Å²) in [5.74, 6) is 0. The zero-order valence-corrected chi connectivity index (χ0v) is 17.8.